The quantitative estimate of drug-likeness (QED) is 0.603. The lowest BCUT2D eigenvalue weighted by Gasteiger charge is -1.98. The molecule has 0 aliphatic heterocycles. The molecule has 0 aliphatic carbocycles. The Kier molecular flexibility index (Phi) is 1.72. The molecule has 0 radical (unpaired) electrons. The van der Waals surface area contributed by atoms with E-state index >= 15 is 0 Å². The van der Waals surface area contributed by atoms with Gasteiger partial charge in [0, 0.05) is 0 Å². The van der Waals surface area contributed by atoms with Gasteiger partial charge in [-0.05, 0) is 6.92 Å². The van der Waals surface area contributed by atoms with Gasteiger partial charge in [-0.2, -0.15) is 0 Å². The highest BCUT2D eigenvalue weighted by Crippen LogP contribution is 2.15. The van der Waals surface area contributed by atoms with E-state index in [1.54, 1.807) is 0 Å². The first-order valence-electron chi connectivity index (χ1n) is 2.86. The van der Waals surface area contributed by atoms with Crippen molar-refractivity contribution in [1.82, 2.24) is 9.97 Å². The molecule has 1 rings (SSSR count). The molecule has 5 heteroatoms. The lowest BCUT2D eigenvalue weighted by Crippen LogP contribution is -2.02. The van der Waals surface area contributed by atoms with Crippen molar-refractivity contribution in [3.05, 3.63) is 17.7 Å². The van der Waals surface area contributed by atoms with Gasteiger partial charge in [0.25, 0.3) is 0 Å². The molecule has 0 bridgehead atoms. The van der Waals surface area contributed by atoms with Gasteiger partial charge in [0.1, 0.15) is 6.33 Å². The van der Waals surface area contributed by atoms with E-state index < -0.39 is 5.97 Å². The fraction of sp³-hybridized carbons (Fsp3) is 0.167. The number of carbonyl (C=O) groups is 1. The van der Waals surface area contributed by atoms with Crippen molar-refractivity contribution in [3.63, 3.8) is 0 Å². The van der Waals surface area contributed by atoms with Crippen LogP contribution in [-0.4, -0.2) is 26.2 Å². The van der Waals surface area contributed by atoms with Crippen LogP contribution >= 0.6 is 0 Å². The largest absolute Gasteiger partial charge is 0.504 e. The topological polar surface area (TPSA) is 83.3 Å². The number of hydrogen-bond acceptors (Lipinski definition) is 4. The first-order valence-corrected chi connectivity index (χ1v) is 2.86. The standard InChI is InChI=1S/C6H6N2O3/c1-3-5(9)4(6(10)11)8-2-7-3/h2,9H,1H3,(H,10,11). The maximum absolute atomic E-state index is 10.3. The summed E-state index contributed by atoms with van der Waals surface area (Å²) in [5, 5.41) is 17.5. The summed E-state index contributed by atoms with van der Waals surface area (Å²) in [5.41, 5.74) is -0.102. The molecule has 11 heavy (non-hydrogen) atoms. The predicted octanol–water partition coefficient (Wildman–Crippen LogP) is 0.189. The molecule has 0 fully saturated rings. The number of rotatable bonds is 1. The van der Waals surface area contributed by atoms with Gasteiger partial charge in [0.15, 0.2) is 11.4 Å². The van der Waals surface area contributed by atoms with Crippen LogP contribution in [0.3, 0.4) is 0 Å². The molecule has 5 nitrogen and oxygen atoms in total. The van der Waals surface area contributed by atoms with Gasteiger partial charge >= 0.3 is 5.97 Å². The first-order chi connectivity index (χ1) is 5.13. The summed E-state index contributed by atoms with van der Waals surface area (Å²) in [7, 11) is 0. The number of aryl methyl sites for hydroxylation is 1. The second-order valence-electron chi connectivity index (χ2n) is 1.96. The number of aromatic hydroxyl groups is 1. The Morgan fingerprint density at radius 2 is 2.18 bits per heavy atom. The van der Waals surface area contributed by atoms with E-state index in [2.05, 4.69) is 9.97 Å². The molecule has 0 atom stereocenters. The Bertz CT molecular complexity index is 298. The highest BCUT2D eigenvalue weighted by molar-refractivity contribution is 5.88. The molecule has 1 heterocycles. The van der Waals surface area contributed by atoms with Crippen LogP contribution in [0.1, 0.15) is 16.2 Å². The first kappa shape index (κ1) is 7.46. The SMILES string of the molecule is Cc1ncnc(C(=O)O)c1O. The van der Waals surface area contributed by atoms with Crippen LogP contribution in [0.4, 0.5) is 0 Å². The fourth-order valence-corrected chi connectivity index (χ4v) is 0.623. The van der Waals surface area contributed by atoms with E-state index in [-0.39, 0.29) is 17.1 Å². The van der Waals surface area contributed by atoms with Crippen LogP contribution in [-0.2, 0) is 0 Å². The maximum Gasteiger partial charge on any atom is 0.358 e. The molecule has 0 aromatic carbocycles. The van der Waals surface area contributed by atoms with Gasteiger partial charge in [-0.15, -0.1) is 0 Å². The normalized spacial score (nSPS) is 9.55. The molecule has 0 unspecified atom stereocenters. The maximum atomic E-state index is 10.3. The number of aromatic nitrogens is 2. The van der Waals surface area contributed by atoms with Gasteiger partial charge in [-0.1, -0.05) is 0 Å². The Morgan fingerprint density at radius 1 is 1.55 bits per heavy atom. The van der Waals surface area contributed by atoms with Crippen LogP contribution in [0.15, 0.2) is 6.33 Å². The number of carboxylic acids is 1. The van der Waals surface area contributed by atoms with Crippen molar-refractivity contribution in [2.45, 2.75) is 6.92 Å². The van der Waals surface area contributed by atoms with E-state index in [4.69, 9.17) is 10.2 Å². The Labute approximate surface area is 62.4 Å². The molecule has 0 amide bonds. The zero-order chi connectivity index (χ0) is 8.43. The molecular weight excluding hydrogens is 148 g/mol. The Balaban J connectivity index is 3.27. The van der Waals surface area contributed by atoms with E-state index in [0.29, 0.717) is 0 Å². The molecule has 0 spiro atoms. The van der Waals surface area contributed by atoms with Crippen LogP contribution in [0.5, 0.6) is 5.75 Å². The van der Waals surface area contributed by atoms with Crippen LogP contribution in [0.25, 0.3) is 0 Å². The van der Waals surface area contributed by atoms with E-state index in [9.17, 15) is 4.79 Å². The molecule has 1 aromatic heterocycles. The van der Waals surface area contributed by atoms with Crippen LogP contribution in [0, 0.1) is 6.92 Å². The van der Waals surface area contributed by atoms with E-state index in [1.165, 1.54) is 6.92 Å². The average molecular weight is 154 g/mol. The lowest BCUT2D eigenvalue weighted by atomic mass is 10.3. The summed E-state index contributed by atoms with van der Waals surface area (Å²) >= 11 is 0. The molecule has 0 aliphatic rings. The molecule has 2 N–H and O–H groups in total. The van der Waals surface area contributed by atoms with Crippen molar-refractivity contribution in [2.75, 3.05) is 0 Å². The van der Waals surface area contributed by atoms with Gasteiger partial charge < -0.3 is 10.2 Å². The monoisotopic (exact) mass is 154 g/mol. The zero-order valence-corrected chi connectivity index (χ0v) is 5.77. The number of hydrogen-bond donors (Lipinski definition) is 2. The highest BCUT2D eigenvalue weighted by atomic mass is 16.4. The minimum Gasteiger partial charge on any atom is -0.504 e. The van der Waals surface area contributed by atoms with Crippen molar-refractivity contribution in [2.24, 2.45) is 0 Å². The third kappa shape index (κ3) is 1.26. The smallest absolute Gasteiger partial charge is 0.358 e. The van der Waals surface area contributed by atoms with Gasteiger partial charge in [0.05, 0.1) is 5.69 Å². The molecule has 0 saturated carbocycles. The molecule has 58 valence electrons. The second kappa shape index (κ2) is 2.53. The van der Waals surface area contributed by atoms with Gasteiger partial charge in [-0.25, -0.2) is 14.8 Å². The summed E-state index contributed by atoms with van der Waals surface area (Å²) < 4.78 is 0. The summed E-state index contributed by atoms with van der Waals surface area (Å²) in [6, 6.07) is 0. The van der Waals surface area contributed by atoms with Gasteiger partial charge in [-0.3, -0.25) is 0 Å². The van der Waals surface area contributed by atoms with Gasteiger partial charge in [0.2, 0.25) is 0 Å². The minimum atomic E-state index is -1.26. The van der Waals surface area contributed by atoms with E-state index in [1.807, 2.05) is 0 Å². The van der Waals surface area contributed by atoms with Crippen LogP contribution < -0.4 is 0 Å². The fourth-order valence-electron chi connectivity index (χ4n) is 0.623. The van der Waals surface area contributed by atoms with Crippen molar-refractivity contribution in [3.8, 4) is 5.75 Å². The molecule has 1 aromatic rings. The summed E-state index contributed by atoms with van der Waals surface area (Å²) in [5.74, 6) is -1.63. The summed E-state index contributed by atoms with van der Waals surface area (Å²) in [6.07, 6.45) is 1.10. The average Bonchev–Trinajstić information content (AvgIpc) is 1.94. The van der Waals surface area contributed by atoms with Crippen LogP contribution in [0.2, 0.25) is 0 Å². The third-order valence-electron chi connectivity index (χ3n) is 1.21. The number of carboxylic acid groups (broad SMARTS) is 1. The Hall–Kier alpha value is -1.65. The lowest BCUT2D eigenvalue weighted by molar-refractivity contribution is 0.0686. The van der Waals surface area contributed by atoms with Crippen molar-refractivity contribution < 1.29 is 15.0 Å². The Morgan fingerprint density at radius 3 is 2.64 bits per heavy atom. The zero-order valence-electron chi connectivity index (χ0n) is 5.77. The molecule has 0 saturated heterocycles. The summed E-state index contributed by atoms with van der Waals surface area (Å²) in [4.78, 5) is 17.3. The van der Waals surface area contributed by atoms with Crippen molar-refractivity contribution in [1.29, 1.82) is 0 Å². The minimum absolute atomic E-state index is 0.261. The number of nitrogens with zero attached hydrogens (tertiary/aromatic N) is 2. The third-order valence-corrected chi connectivity index (χ3v) is 1.21. The van der Waals surface area contributed by atoms with Crippen molar-refractivity contribution >= 4 is 5.97 Å². The highest BCUT2D eigenvalue weighted by Gasteiger charge is 2.12. The summed E-state index contributed by atoms with van der Waals surface area (Å²) in [6.45, 7) is 1.50. The molecular formula is C6H6N2O3. The second-order valence-corrected chi connectivity index (χ2v) is 1.96. The number of aromatic carboxylic acids is 1. The van der Waals surface area contributed by atoms with E-state index in [0.717, 1.165) is 6.33 Å². The predicted molar refractivity (Wildman–Crippen MR) is 35.4 cm³/mol.